The van der Waals surface area contributed by atoms with E-state index in [1.54, 1.807) is 0 Å². The fraction of sp³-hybridized carbons (Fsp3) is 0.500. The molecule has 1 atom stereocenters. The van der Waals surface area contributed by atoms with Gasteiger partial charge in [-0.25, -0.2) is 0 Å². The SMILES string of the molecule is CC(c1ccccc1)N(CCCl)CCCl.Cl. The van der Waals surface area contributed by atoms with Gasteiger partial charge in [-0.05, 0) is 12.5 Å². The molecular weight excluding hydrogens is 264 g/mol. The van der Waals surface area contributed by atoms with Gasteiger partial charge in [-0.15, -0.1) is 35.6 Å². The molecule has 0 N–H and O–H groups in total. The van der Waals surface area contributed by atoms with E-state index >= 15 is 0 Å². The van der Waals surface area contributed by atoms with E-state index in [9.17, 15) is 0 Å². The molecule has 1 rings (SSSR count). The number of rotatable bonds is 6. The summed E-state index contributed by atoms with van der Waals surface area (Å²) < 4.78 is 0. The normalized spacial score (nSPS) is 12.2. The van der Waals surface area contributed by atoms with Crippen molar-refractivity contribution < 1.29 is 0 Å². The van der Waals surface area contributed by atoms with Crippen LogP contribution in [-0.2, 0) is 0 Å². The van der Waals surface area contributed by atoms with Gasteiger partial charge in [-0.2, -0.15) is 0 Å². The first-order valence-electron chi connectivity index (χ1n) is 5.20. The maximum Gasteiger partial charge on any atom is 0.0351 e. The van der Waals surface area contributed by atoms with Crippen molar-refractivity contribution in [3.8, 4) is 0 Å². The van der Waals surface area contributed by atoms with Crippen molar-refractivity contribution in [1.82, 2.24) is 4.90 Å². The van der Waals surface area contributed by atoms with E-state index in [-0.39, 0.29) is 12.4 Å². The monoisotopic (exact) mass is 281 g/mol. The summed E-state index contributed by atoms with van der Waals surface area (Å²) in [5, 5.41) is 0. The van der Waals surface area contributed by atoms with Gasteiger partial charge in [0.25, 0.3) is 0 Å². The second-order valence-electron chi connectivity index (χ2n) is 3.50. The minimum atomic E-state index is 0. The molecular formula is C12H18Cl3N. The van der Waals surface area contributed by atoms with Gasteiger partial charge in [-0.3, -0.25) is 4.90 Å². The third-order valence-corrected chi connectivity index (χ3v) is 2.91. The quantitative estimate of drug-likeness (QED) is 0.714. The van der Waals surface area contributed by atoms with Crippen LogP contribution in [0.1, 0.15) is 18.5 Å². The molecule has 0 aliphatic heterocycles. The summed E-state index contributed by atoms with van der Waals surface area (Å²) in [7, 11) is 0. The first-order valence-corrected chi connectivity index (χ1v) is 6.27. The Bertz CT molecular complexity index is 260. The van der Waals surface area contributed by atoms with Crippen LogP contribution < -0.4 is 0 Å². The molecule has 4 heteroatoms. The molecule has 0 amide bonds. The van der Waals surface area contributed by atoms with Crippen LogP contribution >= 0.6 is 35.6 Å². The predicted octanol–water partition coefficient (Wildman–Crippen LogP) is 3.95. The van der Waals surface area contributed by atoms with E-state index in [0.29, 0.717) is 17.8 Å². The van der Waals surface area contributed by atoms with Gasteiger partial charge in [-0.1, -0.05) is 30.3 Å². The summed E-state index contributed by atoms with van der Waals surface area (Å²) in [6, 6.07) is 10.8. The van der Waals surface area contributed by atoms with Crippen LogP contribution in [0.4, 0.5) is 0 Å². The van der Waals surface area contributed by atoms with Gasteiger partial charge in [0.2, 0.25) is 0 Å². The van der Waals surface area contributed by atoms with E-state index in [2.05, 4.69) is 36.1 Å². The van der Waals surface area contributed by atoms with Gasteiger partial charge in [0, 0.05) is 30.9 Å². The fourth-order valence-electron chi connectivity index (χ4n) is 1.66. The second-order valence-corrected chi connectivity index (χ2v) is 4.26. The molecule has 1 aromatic carbocycles. The lowest BCUT2D eigenvalue weighted by atomic mass is 10.1. The van der Waals surface area contributed by atoms with Crippen molar-refractivity contribution in [1.29, 1.82) is 0 Å². The van der Waals surface area contributed by atoms with E-state index in [1.165, 1.54) is 5.56 Å². The number of hydrogen-bond donors (Lipinski definition) is 0. The van der Waals surface area contributed by atoms with Crippen LogP contribution in [0, 0.1) is 0 Å². The summed E-state index contributed by atoms with van der Waals surface area (Å²) in [5.41, 5.74) is 1.31. The highest BCUT2D eigenvalue weighted by atomic mass is 35.5. The van der Waals surface area contributed by atoms with Crippen LogP contribution in [0.5, 0.6) is 0 Å². The van der Waals surface area contributed by atoms with Crippen LogP contribution in [0.25, 0.3) is 0 Å². The van der Waals surface area contributed by atoms with Gasteiger partial charge in [0.15, 0.2) is 0 Å². The Morgan fingerprint density at radius 3 is 2.00 bits per heavy atom. The zero-order valence-electron chi connectivity index (χ0n) is 9.40. The van der Waals surface area contributed by atoms with E-state index in [1.807, 2.05) is 6.07 Å². The van der Waals surface area contributed by atoms with Crippen LogP contribution in [0.15, 0.2) is 30.3 Å². The Hall–Kier alpha value is 0.0500. The third-order valence-electron chi connectivity index (χ3n) is 2.57. The first kappa shape index (κ1) is 16.1. The highest BCUT2D eigenvalue weighted by Crippen LogP contribution is 2.19. The summed E-state index contributed by atoms with van der Waals surface area (Å²) >= 11 is 11.6. The topological polar surface area (TPSA) is 3.24 Å². The number of hydrogen-bond acceptors (Lipinski definition) is 1. The molecule has 92 valence electrons. The average Bonchev–Trinajstić information content (AvgIpc) is 2.29. The Balaban J connectivity index is 0.00000225. The lowest BCUT2D eigenvalue weighted by Crippen LogP contribution is -2.30. The molecule has 0 saturated heterocycles. The fourth-order valence-corrected chi connectivity index (χ4v) is 2.09. The molecule has 1 nitrogen and oxygen atoms in total. The van der Waals surface area contributed by atoms with Crippen molar-refractivity contribution in [2.45, 2.75) is 13.0 Å². The largest absolute Gasteiger partial charge is 0.294 e. The number of alkyl halides is 2. The number of nitrogens with zero attached hydrogens (tertiary/aromatic N) is 1. The standard InChI is InChI=1S/C12H17Cl2N.ClH/c1-11(12-5-3-2-4-6-12)15(9-7-13)10-8-14;/h2-6,11H,7-10H2,1H3;1H. The Kier molecular flexibility index (Phi) is 9.15. The molecule has 1 aromatic rings. The molecule has 0 bridgehead atoms. The third kappa shape index (κ3) is 4.92. The van der Waals surface area contributed by atoms with Crippen molar-refractivity contribution in [3.63, 3.8) is 0 Å². The molecule has 1 unspecified atom stereocenters. The van der Waals surface area contributed by atoms with Gasteiger partial charge < -0.3 is 0 Å². The van der Waals surface area contributed by atoms with E-state index in [4.69, 9.17) is 23.2 Å². The average molecular weight is 283 g/mol. The molecule has 0 radical (unpaired) electrons. The molecule has 0 saturated carbocycles. The maximum atomic E-state index is 5.78. The van der Waals surface area contributed by atoms with Crippen molar-refractivity contribution in [3.05, 3.63) is 35.9 Å². The van der Waals surface area contributed by atoms with Gasteiger partial charge in [0.1, 0.15) is 0 Å². The van der Waals surface area contributed by atoms with Gasteiger partial charge >= 0.3 is 0 Å². The molecule has 16 heavy (non-hydrogen) atoms. The second kappa shape index (κ2) is 9.12. The summed E-state index contributed by atoms with van der Waals surface area (Å²) in [4.78, 5) is 2.30. The zero-order valence-corrected chi connectivity index (χ0v) is 11.7. The Labute approximate surface area is 114 Å². The van der Waals surface area contributed by atoms with Crippen LogP contribution in [0.2, 0.25) is 0 Å². The molecule has 0 aliphatic rings. The Morgan fingerprint density at radius 2 is 1.56 bits per heavy atom. The lowest BCUT2D eigenvalue weighted by Gasteiger charge is -2.27. The maximum absolute atomic E-state index is 5.78. The van der Waals surface area contributed by atoms with Crippen LogP contribution in [0.3, 0.4) is 0 Å². The molecule has 0 fully saturated rings. The van der Waals surface area contributed by atoms with Crippen molar-refractivity contribution in [2.75, 3.05) is 24.8 Å². The smallest absolute Gasteiger partial charge is 0.0351 e. The van der Waals surface area contributed by atoms with E-state index < -0.39 is 0 Å². The minimum absolute atomic E-state index is 0. The van der Waals surface area contributed by atoms with Crippen molar-refractivity contribution >= 4 is 35.6 Å². The Morgan fingerprint density at radius 1 is 1.06 bits per heavy atom. The summed E-state index contributed by atoms with van der Waals surface area (Å²) in [5.74, 6) is 1.29. The minimum Gasteiger partial charge on any atom is -0.294 e. The first-order chi connectivity index (χ1) is 7.29. The van der Waals surface area contributed by atoms with Gasteiger partial charge in [0.05, 0.1) is 0 Å². The predicted molar refractivity (Wildman–Crippen MR) is 75.1 cm³/mol. The zero-order chi connectivity index (χ0) is 11.1. The molecule has 0 aromatic heterocycles. The van der Waals surface area contributed by atoms with Crippen LogP contribution in [-0.4, -0.2) is 29.7 Å². The van der Waals surface area contributed by atoms with Crippen molar-refractivity contribution in [2.24, 2.45) is 0 Å². The molecule has 0 heterocycles. The highest BCUT2D eigenvalue weighted by Gasteiger charge is 2.13. The number of benzene rings is 1. The lowest BCUT2D eigenvalue weighted by molar-refractivity contribution is 0.237. The molecule has 0 aliphatic carbocycles. The molecule has 0 spiro atoms. The summed E-state index contributed by atoms with van der Waals surface area (Å²) in [6.45, 7) is 3.95. The van der Waals surface area contributed by atoms with E-state index in [0.717, 1.165) is 13.1 Å². The highest BCUT2D eigenvalue weighted by molar-refractivity contribution is 6.18. The number of halogens is 3. The summed E-state index contributed by atoms with van der Waals surface area (Å²) in [6.07, 6.45) is 0.